The highest BCUT2D eigenvalue weighted by molar-refractivity contribution is 8.00. The second-order valence-electron chi connectivity index (χ2n) is 6.05. The number of methoxy groups -OCH3 is 1. The molecule has 5 nitrogen and oxygen atoms in total. The maximum Gasteiger partial charge on any atom is 0.250 e. The van der Waals surface area contributed by atoms with Gasteiger partial charge in [0.2, 0.25) is 11.8 Å². The zero-order valence-electron chi connectivity index (χ0n) is 14.9. The van der Waals surface area contributed by atoms with E-state index in [4.69, 9.17) is 4.74 Å². The second-order valence-corrected chi connectivity index (χ2v) is 7.12. The number of rotatable bonds is 6. The van der Waals surface area contributed by atoms with Crippen molar-refractivity contribution in [2.24, 2.45) is 0 Å². The molecule has 3 rings (SSSR count). The lowest BCUT2D eigenvalue weighted by atomic mass is 10.1. The number of nitrogens with one attached hydrogen (secondary N) is 1. The fraction of sp³-hybridized carbons (Fsp3) is 0.300. The smallest absolute Gasteiger partial charge is 0.250 e. The number of benzene rings is 2. The maximum absolute atomic E-state index is 12.4. The Kier molecular flexibility index (Phi) is 5.96. The minimum atomic E-state index is -0.191. The van der Waals surface area contributed by atoms with Crippen LogP contribution in [-0.4, -0.2) is 31.3 Å². The van der Waals surface area contributed by atoms with Gasteiger partial charge in [-0.15, -0.1) is 11.8 Å². The Morgan fingerprint density at radius 1 is 1.19 bits per heavy atom. The Hall–Kier alpha value is -2.31. The SMILES string of the molecule is CCc1ccc(N2C(=O)CS[C@@H]2c2ccc(NC(=O)COC)cc2)cc1. The summed E-state index contributed by atoms with van der Waals surface area (Å²) in [5.41, 5.74) is 3.91. The Labute approximate surface area is 157 Å². The molecule has 0 saturated carbocycles. The first-order valence-electron chi connectivity index (χ1n) is 8.53. The monoisotopic (exact) mass is 370 g/mol. The highest BCUT2D eigenvalue weighted by Crippen LogP contribution is 2.41. The molecule has 1 N–H and O–H groups in total. The molecule has 136 valence electrons. The number of ether oxygens (including phenoxy) is 1. The topological polar surface area (TPSA) is 58.6 Å². The van der Waals surface area contributed by atoms with E-state index in [2.05, 4.69) is 24.4 Å². The predicted molar refractivity (Wildman–Crippen MR) is 105 cm³/mol. The molecule has 1 fully saturated rings. The molecule has 1 saturated heterocycles. The summed E-state index contributed by atoms with van der Waals surface area (Å²) in [7, 11) is 1.48. The average molecular weight is 370 g/mol. The minimum absolute atomic E-state index is 0.0241. The highest BCUT2D eigenvalue weighted by atomic mass is 32.2. The molecule has 1 aliphatic heterocycles. The average Bonchev–Trinajstić information content (AvgIpc) is 3.04. The molecule has 2 aromatic carbocycles. The van der Waals surface area contributed by atoms with Crippen LogP contribution >= 0.6 is 11.8 Å². The van der Waals surface area contributed by atoms with Crippen molar-refractivity contribution in [2.75, 3.05) is 29.7 Å². The van der Waals surface area contributed by atoms with Gasteiger partial charge in [0.25, 0.3) is 0 Å². The Morgan fingerprint density at radius 2 is 1.88 bits per heavy atom. The summed E-state index contributed by atoms with van der Waals surface area (Å²) in [6, 6.07) is 15.8. The van der Waals surface area contributed by atoms with Crippen LogP contribution in [0.2, 0.25) is 0 Å². The molecule has 6 heteroatoms. The van der Waals surface area contributed by atoms with Gasteiger partial charge < -0.3 is 10.1 Å². The largest absolute Gasteiger partial charge is 0.375 e. The van der Waals surface area contributed by atoms with Crippen LogP contribution in [0.5, 0.6) is 0 Å². The number of amides is 2. The number of nitrogens with zero attached hydrogens (tertiary/aromatic N) is 1. The van der Waals surface area contributed by atoms with E-state index < -0.39 is 0 Å². The Morgan fingerprint density at radius 3 is 2.50 bits per heavy atom. The summed E-state index contributed by atoms with van der Waals surface area (Å²) >= 11 is 1.61. The molecule has 1 heterocycles. The standard InChI is InChI=1S/C20H22N2O3S/c1-3-14-4-10-17(11-5-14)22-19(24)13-26-20(22)15-6-8-16(9-7-15)21-18(23)12-25-2/h4-11,20H,3,12-13H2,1-2H3,(H,21,23)/t20-/m1/s1. The molecule has 2 amide bonds. The van der Waals surface area contributed by atoms with Crippen LogP contribution in [0.15, 0.2) is 48.5 Å². The molecule has 2 aromatic rings. The molecule has 0 bridgehead atoms. The van der Waals surface area contributed by atoms with Crippen LogP contribution in [0.4, 0.5) is 11.4 Å². The third-order valence-corrected chi connectivity index (χ3v) is 5.46. The number of carbonyl (C=O) groups is 2. The summed E-state index contributed by atoms with van der Waals surface area (Å²) in [6.45, 7) is 2.14. The maximum atomic E-state index is 12.4. The van der Waals surface area contributed by atoms with E-state index in [1.165, 1.54) is 12.7 Å². The van der Waals surface area contributed by atoms with Gasteiger partial charge in [0.15, 0.2) is 0 Å². The number of anilines is 2. The van der Waals surface area contributed by atoms with Crippen molar-refractivity contribution < 1.29 is 14.3 Å². The van der Waals surface area contributed by atoms with Gasteiger partial charge in [-0.3, -0.25) is 14.5 Å². The van der Waals surface area contributed by atoms with Crippen molar-refractivity contribution in [2.45, 2.75) is 18.7 Å². The molecule has 0 radical (unpaired) electrons. The van der Waals surface area contributed by atoms with E-state index >= 15 is 0 Å². The molecule has 26 heavy (non-hydrogen) atoms. The first-order chi connectivity index (χ1) is 12.6. The van der Waals surface area contributed by atoms with Crippen LogP contribution in [0.3, 0.4) is 0 Å². The molecular formula is C20H22N2O3S. The van der Waals surface area contributed by atoms with Gasteiger partial charge in [-0.05, 0) is 41.8 Å². The van der Waals surface area contributed by atoms with Gasteiger partial charge in [0.1, 0.15) is 12.0 Å². The van der Waals surface area contributed by atoms with Gasteiger partial charge >= 0.3 is 0 Å². The predicted octanol–water partition coefficient (Wildman–Crippen LogP) is 3.61. The van der Waals surface area contributed by atoms with Crippen molar-refractivity contribution in [1.82, 2.24) is 0 Å². The fourth-order valence-corrected chi connectivity index (χ4v) is 4.08. The zero-order chi connectivity index (χ0) is 18.5. The van der Waals surface area contributed by atoms with Crippen molar-refractivity contribution in [3.05, 3.63) is 59.7 Å². The number of aryl methyl sites for hydroxylation is 1. The van der Waals surface area contributed by atoms with Crippen molar-refractivity contribution in [1.29, 1.82) is 0 Å². The lowest BCUT2D eigenvalue weighted by Crippen LogP contribution is -2.27. The number of hydrogen-bond acceptors (Lipinski definition) is 4. The number of thioether (sulfide) groups is 1. The first kappa shape index (κ1) is 18.5. The summed E-state index contributed by atoms with van der Waals surface area (Å²) in [6.07, 6.45) is 0.975. The van der Waals surface area contributed by atoms with Crippen LogP contribution in [0.1, 0.15) is 23.4 Å². The van der Waals surface area contributed by atoms with Crippen molar-refractivity contribution >= 4 is 35.0 Å². The Balaban J connectivity index is 1.78. The summed E-state index contributed by atoms with van der Waals surface area (Å²) in [5, 5.41) is 2.72. The van der Waals surface area contributed by atoms with Gasteiger partial charge in [-0.2, -0.15) is 0 Å². The zero-order valence-corrected chi connectivity index (χ0v) is 15.7. The van der Waals surface area contributed by atoms with E-state index in [1.54, 1.807) is 11.8 Å². The summed E-state index contributed by atoms with van der Waals surface area (Å²) in [5.74, 6) is 0.386. The van der Waals surface area contributed by atoms with Crippen LogP contribution in [-0.2, 0) is 20.7 Å². The lowest BCUT2D eigenvalue weighted by Gasteiger charge is -2.24. The highest BCUT2D eigenvalue weighted by Gasteiger charge is 2.33. The van der Waals surface area contributed by atoms with E-state index in [9.17, 15) is 9.59 Å². The van der Waals surface area contributed by atoms with Crippen LogP contribution in [0.25, 0.3) is 0 Å². The van der Waals surface area contributed by atoms with Crippen molar-refractivity contribution in [3.63, 3.8) is 0 Å². The van der Waals surface area contributed by atoms with Crippen LogP contribution < -0.4 is 10.2 Å². The van der Waals surface area contributed by atoms with Crippen LogP contribution in [0, 0.1) is 0 Å². The fourth-order valence-electron chi connectivity index (χ4n) is 2.90. The number of hydrogen-bond donors (Lipinski definition) is 1. The molecule has 0 spiro atoms. The molecule has 1 aliphatic rings. The van der Waals surface area contributed by atoms with Crippen molar-refractivity contribution in [3.8, 4) is 0 Å². The molecule has 1 atom stereocenters. The van der Waals surface area contributed by atoms with E-state index in [0.717, 1.165) is 17.7 Å². The molecule has 0 aromatic heterocycles. The van der Waals surface area contributed by atoms with E-state index in [-0.39, 0.29) is 23.8 Å². The normalized spacial score (nSPS) is 16.8. The number of carbonyl (C=O) groups excluding carboxylic acids is 2. The Bertz CT molecular complexity index is 775. The summed E-state index contributed by atoms with van der Waals surface area (Å²) in [4.78, 5) is 25.9. The quantitative estimate of drug-likeness (QED) is 0.844. The molecular weight excluding hydrogens is 348 g/mol. The third kappa shape index (κ3) is 4.08. The van der Waals surface area contributed by atoms with E-state index in [1.807, 2.05) is 41.3 Å². The second kappa shape index (κ2) is 8.38. The minimum Gasteiger partial charge on any atom is -0.375 e. The first-order valence-corrected chi connectivity index (χ1v) is 9.58. The molecule has 0 aliphatic carbocycles. The summed E-state index contributed by atoms with van der Waals surface area (Å²) < 4.78 is 4.81. The van der Waals surface area contributed by atoms with Gasteiger partial charge in [0.05, 0.1) is 5.75 Å². The van der Waals surface area contributed by atoms with Gasteiger partial charge in [-0.1, -0.05) is 31.2 Å². The van der Waals surface area contributed by atoms with E-state index in [0.29, 0.717) is 11.4 Å². The third-order valence-electron chi connectivity index (χ3n) is 4.25. The lowest BCUT2D eigenvalue weighted by molar-refractivity contribution is -0.119. The molecule has 0 unspecified atom stereocenters. The van der Waals surface area contributed by atoms with Gasteiger partial charge in [0, 0.05) is 18.5 Å². The van der Waals surface area contributed by atoms with Gasteiger partial charge in [-0.25, -0.2) is 0 Å².